The van der Waals surface area contributed by atoms with Crippen molar-refractivity contribution in [2.45, 2.75) is 33.1 Å². The third-order valence-corrected chi connectivity index (χ3v) is 5.60. The van der Waals surface area contributed by atoms with E-state index in [2.05, 4.69) is 43.0 Å². The van der Waals surface area contributed by atoms with Crippen molar-refractivity contribution in [3.8, 4) is 17.1 Å². The maximum Gasteiger partial charge on any atom is 0.308 e. The van der Waals surface area contributed by atoms with Crippen LogP contribution in [0.1, 0.15) is 38.8 Å². The molecule has 30 heavy (non-hydrogen) atoms. The molecule has 0 bridgehead atoms. The monoisotopic (exact) mass is 419 g/mol. The highest BCUT2D eigenvalue weighted by Gasteiger charge is 2.16. The number of rotatable bonds is 3. The Kier molecular flexibility index (Phi) is 4.99. The van der Waals surface area contributed by atoms with E-state index in [-0.39, 0.29) is 11.0 Å². The third-order valence-electron chi connectivity index (χ3n) is 4.64. The Morgan fingerprint density at radius 2 is 1.80 bits per heavy atom. The largest absolute Gasteiger partial charge is 0.426 e. The number of thiazole rings is 1. The number of nitrogens with zero attached hydrogens (tertiary/aromatic N) is 3. The Morgan fingerprint density at radius 3 is 2.43 bits per heavy atom. The van der Waals surface area contributed by atoms with Gasteiger partial charge >= 0.3 is 5.97 Å². The number of aromatic nitrogens is 3. The number of ether oxygens (including phenoxy) is 1. The number of para-hydroxylation sites is 1. The second-order valence-corrected chi connectivity index (χ2v) is 9.02. The number of fused-ring (bicyclic) bond motifs is 1. The molecule has 2 aromatic carbocycles. The Bertz CT molecular complexity index is 1350. The molecule has 0 atom stereocenters. The van der Waals surface area contributed by atoms with Gasteiger partial charge in [0.05, 0.1) is 10.1 Å². The van der Waals surface area contributed by atoms with E-state index in [1.807, 2.05) is 18.2 Å². The molecule has 2 heterocycles. The summed E-state index contributed by atoms with van der Waals surface area (Å²) in [5, 5.41) is 4.35. The Morgan fingerprint density at radius 1 is 1.10 bits per heavy atom. The first-order valence-corrected chi connectivity index (χ1v) is 10.3. The molecule has 0 saturated heterocycles. The van der Waals surface area contributed by atoms with Gasteiger partial charge in [0.2, 0.25) is 4.96 Å². The van der Waals surface area contributed by atoms with Crippen LogP contribution in [0.15, 0.2) is 53.3 Å². The lowest BCUT2D eigenvalue weighted by molar-refractivity contribution is -0.131. The maximum atomic E-state index is 12.8. The highest BCUT2D eigenvalue weighted by Crippen LogP contribution is 2.28. The van der Waals surface area contributed by atoms with Gasteiger partial charge in [-0.1, -0.05) is 68.5 Å². The van der Waals surface area contributed by atoms with Crippen LogP contribution >= 0.6 is 11.3 Å². The minimum absolute atomic E-state index is 0.0779. The van der Waals surface area contributed by atoms with Crippen molar-refractivity contribution in [3.63, 3.8) is 0 Å². The molecular weight excluding hydrogens is 398 g/mol. The first-order valence-electron chi connectivity index (χ1n) is 9.52. The zero-order valence-electron chi connectivity index (χ0n) is 17.2. The summed E-state index contributed by atoms with van der Waals surface area (Å²) >= 11 is 1.28. The minimum Gasteiger partial charge on any atom is -0.426 e. The summed E-state index contributed by atoms with van der Waals surface area (Å²) in [6.07, 6.45) is 1.85. The number of esters is 1. The van der Waals surface area contributed by atoms with Crippen LogP contribution in [0.4, 0.5) is 0 Å². The maximum absolute atomic E-state index is 12.8. The highest BCUT2D eigenvalue weighted by atomic mass is 32.1. The predicted octanol–water partition coefficient (Wildman–Crippen LogP) is 3.59. The number of hydrogen-bond donors (Lipinski definition) is 0. The molecule has 4 aromatic rings. The first-order chi connectivity index (χ1) is 14.2. The smallest absolute Gasteiger partial charge is 0.308 e. The van der Waals surface area contributed by atoms with Crippen molar-refractivity contribution >= 4 is 28.3 Å². The summed E-state index contributed by atoms with van der Waals surface area (Å²) < 4.78 is 7.08. The molecule has 2 aromatic heterocycles. The second kappa shape index (κ2) is 7.50. The zero-order chi connectivity index (χ0) is 21.5. The average molecular weight is 420 g/mol. The SMILES string of the molecule is CC(=O)Oc1ccccc1-c1nc2s/c(=C\c3ccc(C(C)(C)C)cc3)c(=O)n2n1. The fourth-order valence-electron chi connectivity index (χ4n) is 3.07. The van der Waals surface area contributed by atoms with Crippen molar-refractivity contribution in [2.24, 2.45) is 0 Å². The lowest BCUT2D eigenvalue weighted by atomic mass is 9.87. The lowest BCUT2D eigenvalue weighted by Crippen LogP contribution is -2.23. The summed E-state index contributed by atoms with van der Waals surface area (Å²) in [6.45, 7) is 7.83. The van der Waals surface area contributed by atoms with Crippen LogP contribution in [-0.2, 0) is 10.2 Å². The molecule has 0 unspecified atom stereocenters. The number of benzene rings is 2. The van der Waals surface area contributed by atoms with E-state index in [1.165, 1.54) is 28.3 Å². The van der Waals surface area contributed by atoms with Crippen LogP contribution in [0.2, 0.25) is 0 Å². The second-order valence-electron chi connectivity index (χ2n) is 8.01. The van der Waals surface area contributed by atoms with Crippen LogP contribution in [0.3, 0.4) is 0 Å². The molecule has 0 spiro atoms. The molecule has 0 aliphatic carbocycles. The topological polar surface area (TPSA) is 73.6 Å². The minimum atomic E-state index is -0.428. The van der Waals surface area contributed by atoms with Gasteiger partial charge in [-0.05, 0) is 34.8 Å². The fourth-order valence-corrected chi connectivity index (χ4v) is 3.98. The van der Waals surface area contributed by atoms with Crippen LogP contribution in [0.5, 0.6) is 5.75 Å². The molecule has 4 rings (SSSR count). The van der Waals surface area contributed by atoms with Gasteiger partial charge in [-0.15, -0.1) is 5.10 Å². The first kappa shape index (κ1) is 20.0. The van der Waals surface area contributed by atoms with Gasteiger partial charge in [-0.2, -0.15) is 9.50 Å². The summed E-state index contributed by atoms with van der Waals surface area (Å²) in [4.78, 5) is 29.1. The number of carbonyl (C=O) groups excluding carboxylic acids is 1. The Labute approximate surface area is 177 Å². The van der Waals surface area contributed by atoms with Crippen LogP contribution < -0.4 is 14.8 Å². The molecule has 152 valence electrons. The molecule has 0 N–H and O–H groups in total. The standard InChI is InChI=1S/C23H21N3O3S/c1-14(27)29-18-8-6-5-7-17(18)20-24-22-26(25-20)21(28)19(30-22)13-15-9-11-16(12-10-15)23(2,3)4/h5-13H,1-4H3/b19-13-. The van der Waals surface area contributed by atoms with Crippen LogP contribution in [-0.4, -0.2) is 20.6 Å². The quantitative estimate of drug-likeness (QED) is 0.375. The lowest BCUT2D eigenvalue weighted by Gasteiger charge is -2.18. The predicted molar refractivity (Wildman–Crippen MR) is 118 cm³/mol. The van der Waals surface area contributed by atoms with Crippen LogP contribution in [0, 0.1) is 0 Å². The normalized spacial score (nSPS) is 12.5. The highest BCUT2D eigenvalue weighted by molar-refractivity contribution is 7.15. The van der Waals surface area contributed by atoms with E-state index in [4.69, 9.17) is 4.74 Å². The van der Waals surface area contributed by atoms with Gasteiger partial charge in [-0.3, -0.25) is 9.59 Å². The van der Waals surface area contributed by atoms with E-state index in [1.54, 1.807) is 24.3 Å². The summed E-state index contributed by atoms with van der Waals surface area (Å²) in [5.41, 5.74) is 2.60. The van der Waals surface area contributed by atoms with Crippen molar-refractivity contribution in [3.05, 3.63) is 74.5 Å². The van der Waals surface area contributed by atoms with E-state index >= 15 is 0 Å². The van der Waals surface area contributed by atoms with Gasteiger partial charge in [0.25, 0.3) is 5.56 Å². The Hall–Kier alpha value is -3.32. The molecule has 0 aliphatic heterocycles. The van der Waals surface area contributed by atoms with E-state index in [9.17, 15) is 9.59 Å². The zero-order valence-corrected chi connectivity index (χ0v) is 18.0. The van der Waals surface area contributed by atoms with Crippen molar-refractivity contribution in [1.29, 1.82) is 0 Å². The number of carbonyl (C=O) groups is 1. The summed E-state index contributed by atoms with van der Waals surface area (Å²) in [7, 11) is 0. The van der Waals surface area contributed by atoms with E-state index in [0.717, 1.165) is 5.56 Å². The van der Waals surface area contributed by atoms with E-state index in [0.29, 0.717) is 26.6 Å². The van der Waals surface area contributed by atoms with E-state index < -0.39 is 5.97 Å². The third kappa shape index (κ3) is 3.89. The van der Waals surface area contributed by atoms with Crippen molar-refractivity contribution in [1.82, 2.24) is 14.6 Å². The molecule has 6 nitrogen and oxygen atoms in total. The summed E-state index contributed by atoms with van der Waals surface area (Å²) in [5.74, 6) is 0.278. The molecule has 0 fully saturated rings. The van der Waals surface area contributed by atoms with Gasteiger partial charge in [0, 0.05) is 6.92 Å². The van der Waals surface area contributed by atoms with Crippen LogP contribution in [0.25, 0.3) is 22.4 Å². The van der Waals surface area contributed by atoms with Gasteiger partial charge in [0.15, 0.2) is 5.82 Å². The van der Waals surface area contributed by atoms with Gasteiger partial charge < -0.3 is 4.74 Å². The van der Waals surface area contributed by atoms with Crippen molar-refractivity contribution in [2.75, 3.05) is 0 Å². The molecule has 0 radical (unpaired) electrons. The molecule has 0 aliphatic rings. The van der Waals surface area contributed by atoms with Gasteiger partial charge in [0.1, 0.15) is 5.75 Å². The molecule has 7 heteroatoms. The summed E-state index contributed by atoms with van der Waals surface area (Å²) in [6, 6.07) is 15.2. The van der Waals surface area contributed by atoms with Crippen molar-refractivity contribution < 1.29 is 9.53 Å². The van der Waals surface area contributed by atoms with Gasteiger partial charge in [-0.25, -0.2) is 0 Å². The molecular formula is C23H21N3O3S. The fraction of sp³-hybridized carbons (Fsp3) is 0.217. The number of hydrogen-bond acceptors (Lipinski definition) is 6. The Balaban J connectivity index is 1.73. The average Bonchev–Trinajstić information content (AvgIpc) is 3.21. The molecule has 0 amide bonds. The molecule has 0 saturated carbocycles.